The Morgan fingerprint density at radius 1 is 1.53 bits per heavy atom. The Hall–Kier alpha value is -1.16. The van der Waals surface area contributed by atoms with Crippen LogP contribution in [0.15, 0.2) is 6.20 Å². The standard InChI is InChI=1S/C11H16N2O2/c1-8(14)11-7-13(9(2)12-11)10-3-5-15-6-4-10/h7,10H,3-6H2,1-2H3. The molecule has 0 radical (unpaired) electrons. The number of carbonyl (C=O) groups excluding carboxylic acids is 1. The van der Waals surface area contributed by atoms with E-state index < -0.39 is 0 Å². The van der Waals surface area contributed by atoms with Crippen molar-refractivity contribution in [2.45, 2.75) is 32.7 Å². The van der Waals surface area contributed by atoms with Crippen LogP contribution in [0.2, 0.25) is 0 Å². The van der Waals surface area contributed by atoms with Crippen LogP contribution in [0.1, 0.15) is 42.1 Å². The lowest BCUT2D eigenvalue weighted by molar-refractivity contribution is 0.0690. The highest BCUT2D eigenvalue weighted by atomic mass is 16.5. The number of carbonyl (C=O) groups is 1. The molecule has 15 heavy (non-hydrogen) atoms. The van der Waals surface area contributed by atoms with Crippen LogP contribution in [0.4, 0.5) is 0 Å². The molecule has 1 aromatic heterocycles. The first-order chi connectivity index (χ1) is 7.18. The molecule has 0 atom stereocenters. The predicted octanol–water partition coefficient (Wildman–Crippen LogP) is 1.75. The summed E-state index contributed by atoms with van der Waals surface area (Å²) in [6.45, 7) is 5.10. The van der Waals surface area contributed by atoms with Crippen LogP contribution in [0.3, 0.4) is 0 Å². The van der Waals surface area contributed by atoms with E-state index in [9.17, 15) is 4.79 Å². The summed E-state index contributed by atoms with van der Waals surface area (Å²) in [6.07, 6.45) is 3.89. The molecule has 82 valence electrons. The third-order valence-electron chi connectivity index (χ3n) is 2.86. The molecule has 0 aromatic carbocycles. The fraction of sp³-hybridized carbons (Fsp3) is 0.636. The van der Waals surface area contributed by atoms with Gasteiger partial charge < -0.3 is 9.30 Å². The number of Topliss-reactive ketones (excluding diaryl/α,β-unsaturated/α-hetero) is 1. The predicted molar refractivity (Wildman–Crippen MR) is 56.1 cm³/mol. The normalized spacial score (nSPS) is 18.0. The Morgan fingerprint density at radius 2 is 2.20 bits per heavy atom. The molecule has 1 aliphatic heterocycles. The van der Waals surface area contributed by atoms with Crippen molar-refractivity contribution in [2.24, 2.45) is 0 Å². The van der Waals surface area contributed by atoms with Crippen LogP contribution >= 0.6 is 0 Å². The molecule has 1 aromatic rings. The van der Waals surface area contributed by atoms with Crippen LogP contribution in [0.5, 0.6) is 0 Å². The molecule has 1 fully saturated rings. The van der Waals surface area contributed by atoms with E-state index in [0.29, 0.717) is 11.7 Å². The lowest BCUT2D eigenvalue weighted by Gasteiger charge is -2.24. The highest BCUT2D eigenvalue weighted by Crippen LogP contribution is 2.22. The third-order valence-corrected chi connectivity index (χ3v) is 2.86. The van der Waals surface area contributed by atoms with E-state index in [-0.39, 0.29) is 5.78 Å². The molecule has 0 unspecified atom stereocenters. The molecular formula is C11H16N2O2. The van der Waals surface area contributed by atoms with Crippen molar-refractivity contribution in [1.82, 2.24) is 9.55 Å². The molecule has 1 saturated heterocycles. The second-order valence-corrected chi connectivity index (χ2v) is 3.98. The van der Waals surface area contributed by atoms with E-state index in [0.717, 1.165) is 31.9 Å². The summed E-state index contributed by atoms with van der Waals surface area (Å²) in [4.78, 5) is 15.5. The zero-order valence-corrected chi connectivity index (χ0v) is 9.19. The second kappa shape index (κ2) is 4.14. The number of nitrogens with zero attached hydrogens (tertiary/aromatic N) is 2. The van der Waals surface area contributed by atoms with Gasteiger partial charge in [0, 0.05) is 32.4 Å². The zero-order chi connectivity index (χ0) is 10.8. The minimum atomic E-state index is 0.0314. The fourth-order valence-electron chi connectivity index (χ4n) is 1.99. The van der Waals surface area contributed by atoms with E-state index in [4.69, 9.17) is 4.74 Å². The minimum absolute atomic E-state index is 0.0314. The number of ether oxygens (including phenoxy) is 1. The number of imidazole rings is 1. The van der Waals surface area contributed by atoms with Gasteiger partial charge in [-0.3, -0.25) is 4.79 Å². The van der Waals surface area contributed by atoms with Gasteiger partial charge in [0.2, 0.25) is 0 Å². The topological polar surface area (TPSA) is 44.1 Å². The first-order valence-corrected chi connectivity index (χ1v) is 5.32. The van der Waals surface area contributed by atoms with E-state index in [1.54, 1.807) is 6.92 Å². The molecule has 0 saturated carbocycles. The van der Waals surface area contributed by atoms with Gasteiger partial charge in [-0.1, -0.05) is 0 Å². The van der Waals surface area contributed by atoms with E-state index >= 15 is 0 Å². The Kier molecular flexibility index (Phi) is 2.86. The summed E-state index contributed by atoms with van der Waals surface area (Å²) in [6, 6.07) is 0.444. The van der Waals surface area contributed by atoms with Crippen molar-refractivity contribution in [3.63, 3.8) is 0 Å². The molecule has 0 spiro atoms. The van der Waals surface area contributed by atoms with Crippen LogP contribution in [-0.2, 0) is 4.74 Å². The molecule has 4 nitrogen and oxygen atoms in total. The van der Waals surface area contributed by atoms with Crippen LogP contribution in [-0.4, -0.2) is 28.5 Å². The number of ketones is 1. The average Bonchev–Trinajstić information content (AvgIpc) is 2.62. The molecule has 1 aliphatic rings. The van der Waals surface area contributed by atoms with Crippen molar-refractivity contribution in [3.05, 3.63) is 17.7 Å². The summed E-state index contributed by atoms with van der Waals surface area (Å²) in [5.41, 5.74) is 0.569. The maximum absolute atomic E-state index is 11.2. The molecule has 0 aliphatic carbocycles. The summed E-state index contributed by atoms with van der Waals surface area (Å²) >= 11 is 0. The molecule has 0 N–H and O–H groups in total. The van der Waals surface area contributed by atoms with Crippen molar-refractivity contribution in [3.8, 4) is 0 Å². The van der Waals surface area contributed by atoms with Crippen LogP contribution < -0.4 is 0 Å². The van der Waals surface area contributed by atoms with Gasteiger partial charge >= 0.3 is 0 Å². The molecule has 4 heteroatoms. The number of aromatic nitrogens is 2. The Labute approximate surface area is 89.3 Å². The van der Waals surface area contributed by atoms with E-state index in [1.807, 2.05) is 13.1 Å². The summed E-state index contributed by atoms with van der Waals surface area (Å²) in [5.74, 6) is 0.955. The Balaban J connectivity index is 2.22. The number of hydrogen-bond donors (Lipinski definition) is 0. The average molecular weight is 208 g/mol. The highest BCUT2D eigenvalue weighted by Gasteiger charge is 2.18. The van der Waals surface area contributed by atoms with Crippen molar-refractivity contribution in [1.29, 1.82) is 0 Å². The van der Waals surface area contributed by atoms with Gasteiger partial charge in [0.05, 0.1) is 0 Å². The second-order valence-electron chi connectivity index (χ2n) is 3.98. The first kappa shape index (κ1) is 10.4. The van der Waals surface area contributed by atoms with Gasteiger partial charge in [0.1, 0.15) is 11.5 Å². The lowest BCUT2D eigenvalue weighted by Crippen LogP contribution is -2.19. The minimum Gasteiger partial charge on any atom is -0.381 e. The Bertz CT molecular complexity index is 365. The molecular weight excluding hydrogens is 192 g/mol. The fourth-order valence-corrected chi connectivity index (χ4v) is 1.99. The number of rotatable bonds is 2. The molecule has 0 amide bonds. The highest BCUT2D eigenvalue weighted by molar-refractivity contribution is 5.91. The van der Waals surface area contributed by atoms with Crippen molar-refractivity contribution >= 4 is 5.78 Å². The van der Waals surface area contributed by atoms with Gasteiger partial charge in [-0.15, -0.1) is 0 Å². The van der Waals surface area contributed by atoms with Crippen LogP contribution in [0.25, 0.3) is 0 Å². The largest absolute Gasteiger partial charge is 0.381 e. The van der Waals surface area contributed by atoms with Crippen LogP contribution in [0, 0.1) is 6.92 Å². The number of hydrogen-bond acceptors (Lipinski definition) is 3. The smallest absolute Gasteiger partial charge is 0.179 e. The Morgan fingerprint density at radius 3 is 2.73 bits per heavy atom. The molecule has 2 rings (SSSR count). The van der Waals surface area contributed by atoms with Gasteiger partial charge in [0.25, 0.3) is 0 Å². The van der Waals surface area contributed by atoms with Crippen molar-refractivity contribution in [2.75, 3.05) is 13.2 Å². The van der Waals surface area contributed by atoms with E-state index in [1.165, 1.54) is 0 Å². The van der Waals surface area contributed by atoms with Gasteiger partial charge in [0.15, 0.2) is 5.78 Å². The lowest BCUT2D eigenvalue weighted by atomic mass is 10.1. The monoisotopic (exact) mass is 208 g/mol. The van der Waals surface area contributed by atoms with Gasteiger partial charge in [-0.05, 0) is 19.8 Å². The third kappa shape index (κ3) is 2.09. The SMILES string of the molecule is CC(=O)c1cn(C2CCOCC2)c(C)n1. The summed E-state index contributed by atoms with van der Waals surface area (Å²) in [5, 5.41) is 0. The van der Waals surface area contributed by atoms with Crippen molar-refractivity contribution < 1.29 is 9.53 Å². The summed E-state index contributed by atoms with van der Waals surface area (Å²) in [7, 11) is 0. The summed E-state index contributed by atoms with van der Waals surface area (Å²) < 4.78 is 7.43. The first-order valence-electron chi connectivity index (χ1n) is 5.32. The van der Waals surface area contributed by atoms with Gasteiger partial charge in [-0.25, -0.2) is 4.98 Å². The van der Waals surface area contributed by atoms with Gasteiger partial charge in [-0.2, -0.15) is 0 Å². The quantitative estimate of drug-likeness (QED) is 0.695. The molecule has 0 bridgehead atoms. The number of aryl methyl sites for hydroxylation is 1. The van der Waals surface area contributed by atoms with E-state index in [2.05, 4.69) is 9.55 Å². The maximum Gasteiger partial charge on any atom is 0.179 e. The zero-order valence-electron chi connectivity index (χ0n) is 9.19. The molecule has 2 heterocycles. The maximum atomic E-state index is 11.2.